The SMILES string of the molecule is Oc1cc(Cl)cc(Cc2cccnc2)c1. The fraction of sp³-hybridized carbons (Fsp3) is 0.0833. The first-order chi connectivity index (χ1) is 7.24. The Kier molecular flexibility index (Phi) is 2.88. The lowest BCUT2D eigenvalue weighted by Crippen LogP contribution is -1.88. The maximum Gasteiger partial charge on any atom is 0.117 e. The number of benzene rings is 1. The fourth-order valence-electron chi connectivity index (χ4n) is 1.47. The van der Waals surface area contributed by atoms with Crippen LogP contribution >= 0.6 is 11.6 Å². The number of aromatic nitrogens is 1. The summed E-state index contributed by atoms with van der Waals surface area (Å²) in [5.74, 6) is 0.196. The summed E-state index contributed by atoms with van der Waals surface area (Å²) in [5.41, 5.74) is 2.08. The molecular weight excluding hydrogens is 210 g/mol. The molecule has 1 aromatic heterocycles. The van der Waals surface area contributed by atoms with Crippen molar-refractivity contribution < 1.29 is 5.11 Å². The van der Waals surface area contributed by atoms with Gasteiger partial charge in [-0.05, 0) is 41.8 Å². The number of rotatable bonds is 2. The fourth-order valence-corrected chi connectivity index (χ4v) is 1.73. The summed E-state index contributed by atoms with van der Waals surface area (Å²) in [6, 6.07) is 8.95. The molecule has 0 amide bonds. The summed E-state index contributed by atoms with van der Waals surface area (Å²) in [7, 11) is 0. The Hall–Kier alpha value is -1.54. The van der Waals surface area contributed by atoms with E-state index in [4.69, 9.17) is 11.6 Å². The molecule has 0 saturated heterocycles. The van der Waals surface area contributed by atoms with E-state index < -0.39 is 0 Å². The van der Waals surface area contributed by atoms with Gasteiger partial charge in [-0.2, -0.15) is 0 Å². The van der Waals surface area contributed by atoms with Crippen LogP contribution in [-0.4, -0.2) is 10.1 Å². The summed E-state index contributed by atoms with van der Waals surface area (Å²) in [5, 5.41) is 9.92. The number of halogens is 1. The monoisotopic (exact) mass is 219 g/mol. The smallest absolute Gasteiger partial charge is 0.117 e. The first-order valence-electron chi connectivity index (χ1n) is 4.61. The van der Waals surface area contributed by atoms with Crippen LogP contribution in [-0.2, 0) is 6.42 Å². The van der Waals surface area contributed by atoms with Gasteiger partial charge in [0.05, 0.1) is 0 Å². The van der Waals surface area contributed by atoms with Crippen LogP contribution in [0, 0.1) is 0 Å². The summed E-state index contributed by atoms with van der Waals surface area (Å²) in [6.07, 6.45) is 4.26. The van der Waals surface area contributed by atoms with Gasteiger partial charge in [-0.3, -0.25) is 4.98 Å². The number of nitrogens with zero attached hydrogens (tertiary/aromatic N) is 1. The molecule has 1 aromatic carbocycles. The molecule has 0 radical (unpaired) electrons. The van der Waals surface area contributed by atoms with Gasteiger partial charge < -0.3 is 5.11 Å². The second-order valence-electron chi connectivity index (χ2n) is 3.36. The van der Waals surface area contributed by atoms with Crippen LogP contribution in [0.5, 0.6) is 5.75 Å². The molecule has 0 aliphatic rings. The molecule has 2 rings (SSSR count). The molecule has 0 unspecified atom stereocenters. The number of aromatic hydroxyl groups is 1. The maximum absolute atomic E-state index is 9.37. The normalized spacial score (nSPS) is 10.2. The van der Waals surface area contributed by atoms with E-state index in [1.807, 2.05) is 18.2 Å². The van der Waals surface area contributed by atoms with Gasteiger partial charge in [0, 0.05) is 17.4 Å². The average molecular weight is 220 g/mol. The topological polar surface area (TPSA) is 33.1 Å². The van der Waals surface area contributed by atoms with Crippen LogP contribution in [0.25, 0.3) is 0 Å². The predicted molar refractivity (Wildman–Crippen MR) is 60.2 cm³/mol. The highest BCUT2D eigenvalue weighted by molar-refractivity contribution is 6.30. The largest absolute Gasteiger partial charge is 0.508 e. The number of hydrogen-bond donors (Lipinski definition) is 1. The Labute approximate surface area is 93.2 Å². The minimum Gasteiger partial charge on any atom is -0.508 e. The Balaban J connectivity index is 2.25. The van der Waals surface area contributed by atoms with Crippen LogP contribution < -0.4 is 0 Å². The zero-order valence-corrected chi connectivity index (χ0v) is 8.78. The molecule has 2 aromatic rings. The Bertz CT molecular complexity index is 436. The first kappa shape index (κ1) is 9.99. The van der Waals surface area contributed by atoms with Gasteiger partial charge >= 0.3 is 0 Å². The standard InChI is InChI=1S/C12H10ClNO/c13-11-5-10(6-12(15)7-11)4-9-2-1-3-14-8-9/h1-3,5-8,15H,4H2. The van der Waals surface area contributed by atoms with E-state index in [1.54, 1.807) is 18.5 Å². The minimum absolute atomic E-state index is 0.196. The highest BCUT2D eigenvalue weighted by Gasteiger charge is 2.00. The van der Waals surface area contributed by atoms with Crippen LogP contribution in [0.4, 0.5) is 0 Å². The molecule has 0 bridgehead atoms. The lowest BCUT2D eigenvalue weighted by Gasteiger charge is -2.03. The van der Waals surface area contributed by atoms with Crippen molar-refractivity contribution in [2.75, 3.05) is 0 Å². The molecule has 0 atom stereocenters. The van der Waals surface area contributed by atoms with Crippen molar-refractivity contribution in [2.24, 2.45) is 0 Å². The van der Waals surface area contributed by atoms with Crippen molar-refractivity contribution in [3.8, 4) is 5.75 Å². The van der Waals surface area contributed by atoms with E-state index >= 15 is 0 Å². The van der Waals surface area contributed by atoms with Crippen molar-refractivity contribution >= 4 is 11.6 Å². The van der Waals surface area contributed by atoms with E-state index in [0.717, 1.165) is 17.5 Å². The van der Waals surface area contributed by atoms with Crippen molar-refractivity contribution in [1.82, 2.24) is 4.98 Å². The molecule has 0 aliphatic heterocycles. The second-order valence-corrected chi connectivity index (χ2v) is 3.79. The molecule has 2 nitrogen and oxygen atoms in total. The predicted octanol–water partition coefficient (Wildman–Crippen LogP) is 3.03. The maximum atomic E-state index is 9.37. The summed E-state index contributed by atoms with van der Waals surface area (Å²) in [4.78, 5) is 4.03. The summed E-state index contributed by atoms with van der Waals surface area (Å²) < 4.78 is 0. The summed E-state index contributed by atoms with van der Waals surface area (Å²) >= 11 is 5.84. The molecule has 0 fully saturated rings. The van der Waals surface area contributed by atoms with Crippen molar-refractivity contribution in [1.29, 1.82) is 0 Å². The molecule has 76 valence electrons. The van der Waals surface area contributed by atoms with Crippen LogP contribution in [0.3, 0.4) is 0 Å². The average Bonchev–Trinajstić information content (AvgIpc) is 2.17. The third-order valence-corrected chi connectivity index (χ3v) is 2.29. The Morgan fingerprint density at radius 2 is 2.07 bits per heavy atom. The lowest BCUT2D eigenvalue weighted by atomic mass is 10.1. The van der Waals surface area contributed by atoms with E-state index in [2.05, 4.69) is 4.98 Å². The third-order valence-electron chi connectivity index (χ3n) is 2.07. The third kappa shape index (κ3) is 2.70. The van der Waals surface area contributed by atoms with Gasteiger partial charge in [-0.25, -0.2) is 0 Å². The number of phenolic OH excluding ortho intramolecular Hbond substituents is 1. The van der Waals surface area contributed by atoms with Gasteiger partial charge in [0.2, 0.25) is 0 Å². The molecule has 0 saturated carbocycles. The zero-order chi connectivity index (χ0) is 10.7. The quantitative estimate of drug-likeness (QED) is 0.842. The molecule has 0 aliphatic carbocycles. The number of pyridine rings is 1. The highest BCUT2D eigenvalue weighted by atomic mass is 35.5. The first-order valence-corrected chi connectivity index (χ1v) is 4.99. The van der Waals surface area contributed by atoms with Gasteiger partial charge in [0.25, 0.3) is 0 Å². The van der Waals surface area contributed by atoms with Crippen molar-refractivity contribution in [3.05, 3.63) is 58.9 Å². The van der Waals surface area contributed by atoms with Crippen LogP contribution in [0.1, 0.15) is 11.1 Å². The van der Waals surface area contributed by atoms with Gasteiger partial charge in [0.15, 0.2) is 0 Å². The minimum atomic E-state index is 0.196. The van der Waals surface area contributed by atoms with Crippen LogP contribution in [0.15, 0.2) is 42.7 Å². The highest BCUT2D eigenvalue weighted by Crippen LogP contribution is 2.21. The van der Waals surface area contributed by atoms with E-state index in [1.165, 1.54) is 6.07 Å². The van der Waals surface area contributed by atoms with Crippen molar-refractivity contribution in [2.45, 2.75) is 6.42 Å². The Morgan fingerprint density at radius 1 is 1.20 bits per heavy atom. The lowest BCUT2D eigenvalue weighted by molar-refractivity contribution is 0.475. The van der Waals surface area contributed by atoms with E-state index in [-0.39, 0.29) is 5.75 Å². The zero-order valence-electron chi connectivity index (χ0n) is 8.02. The Morgan fingerprint density at radius 3 is 2.73 bits per heavy atom. The molecule has 1 N–H and O–H groups in total. The molecule has 0 spiro atoms. The number of hydrogen-bond acceptors (Lipinski definition) is 2. The van der Waals surface area contributed by atoms with E-state index in [0.29, 0.717) is 5.02 Å². The molecule has 3 heteroatoms. The van der Waals surface area contributed by atoms with Gasteiger partial charge in [-0.1, -0.05) is 17.7 Å². The molecule has 15 heavy (non-hydrogen) atoms. The van der Waals surface area contributed by atoms with Gasteiger partial charge in [-0.15, -0.1) is 0 Å². The molecular formula is C12H10ClNO. The second kappa shape index (κ2) is 4.32. The van der Waals surface area contributed by atoms with Crippen molar-refractivity contribution in [3.63, 3.8) is 0 Å². The van der Waals surface area contributed by atoms with Gasteiger partial charge in [0.1, 0.15) is 5.75 Å². The van der Waals surface area contributed by atoms with Crippen LogP contribution in [0.2, 0.25) is 5.02 Å². The van der Waals surface area contributed by atoms with E-state index in [9.17, 15) is 5.11 Å². The molecule has 1 heterocycles. The number of phenols is 1. The summed E-state index contributed by atoms with van der Waals surface area (Å²) in [6.45, 7) is 0.